The average molecular weight is 489 g/mol. The van der Waals surface area contributed by atoms with Crippen molar-refractivity contribution in [2.75, 3.05) is 24.5 Å². The minimum Gasteiger partial charge on any atom is -0.320 e. The van der Waals surface area contributed by atoms with Crippen LogP contribution in [0.3, 0.4) is 0 Å². The molecule has 1 aromatic heterocycles. The molecule has 0 aliphatic carbocycles. The molecule has 0 unspecified atom stereocenters. The maximum Gasteiger partial charge on any atom is 0.329 e. The lowest BCUT2D eigenvalue weighted by Crippen LogP contribution is -2.61. The van der Waals surface area contributed by atoms with Crippen LogP contribution in [0.15, 0.2) is 72.1 Å². The highest BCUT2D eigenvalue weighted by Gasteiger charge is 2.45. The molecule has 7 heteroatoms. The Morgan fingerprint density at radius 1 is 0.914 bits per heavy atom. The van der Waals surface area contributed by atoms with E-state index >= 15 is 0 Å². The molecule has 2 aliphatic rings. The Kier molecular flexibility index (Phi) is 6.77. The minimum atomic E-state index is -0.0344. The van der Waals surface area contributed by atoms with Crippen molar-refractivity contribution in [1.29, 1.82) is 0 Å². The number of benzene rings is 2. The Balaban J connectivity index is 1.33. The van der Waals surface area contributed by atoms with Gasteiger partial charge in [-0.25, -0.2) is 9.59 Å². The number of anilines is 2. The van der Waals surface area contributed by atoms with Crippen molar-refractivity contribution < 1.29 is 9.59 Å². The third-order valence-corrected chi connectivity index (χ3v) is 8.02. The lowest BCUT2D eigenvalue weighted by molar-refractivity contribution is 0.0818. The van der Waals surface area contributed by atoms with Gasteiger partial charge in [-0.05, 0) is 68.0 Å². The summed E-state index contributed by atoms with van der Waals surface area (Å²) in [6.45, 7) is 6.56. The molecule has 2 aromatic carbocycles. The number of fused-ring (bicyclic) bond motifs is 2. The summed E-state index contributed by atoms with van der Waals surface area (Å²) in [5.74, 6) is 0. The fraction of sp³-hybridized carbons (Fsp3) is 0.357. The van der Waals surface area contributed by atoms with Crippen LogP contribution in [0.4, 0.5) is 21.0 Å². The molecule has 0 N–H and O–H groups in total. The molecule has 2 fully saturated rings. The highest BCUT2D eigenvalue weighted by molar-refractivity contribution is 7.10. The number of para-hydroxylation sites is 2. The lowest BCUT2D eigenvalue weighted by atomic mass is 10.2. The van der Waals surface area contributed by atoms with E-state index in [4.69, 9.17) is 0 Å². The predicted octanol–water partition coefficient (Wildman–Crippen LogP) is 6.11. The number of carbonyl (C=O) groups is 2. The fourth-order valence-electron chi connectivity index (χ4n) is 5.28. The number of aryl methyl sites for hydroxylation is 1. The smallest absolute Gasteiger partial charge is 0.320 e. The third-order valence-electron chi connectivity index (χ3n) is 6.98. The number of urea groups is 2. The predicted molar refractivity (Wildman–Crippen MR) is 141 cm³/mol. The van der Waals surface area contributed by atoms with Gasteiger partial charge in [0.2, 0.25) is 0 Å². The first-order chi connectivity index (χ1) is 17.0. The van der Waals surface area contributed by atoms with Crippen molar-refractivity contribution in [2.45, 2.75) is 45.3 Å². The molecule has 4 amide bonds. The molecule has 0 saturated carbocycles. The quantitative estimate of drug-likeness (QED) is 0.435. The van der Waals surface area contributed by atoms with Crippen LogP contribution in [-0.2, 0) is 6.54 Å². The highest BCUT2D eigenvalue weighted by atomic mass is 32.1. The molecule has 2 bridgehead atoms. The molecule has 3 aromatic rings. The molecule has 182 valence electrons. The molecule has 5 rings (SSSR count). The molecule has 0 radical (unpaired) electrons. The molecule has 2 aliphatic heterocycles. The van der Waals surface area contributed by atoms with E-state index in [2.05, 4.69) is 23.3 Å². The van der Waals surface area contributed by atoms with E-state index < -0.39 is 0 Å². The minimum absolute atomic E-state index is 0.0344. The summed E-state index contributed by atoms with van der Waals surface area (Å²) in [5, 5.41) is 2.13. The number of rotatable bonds is 5. The summed E-state index contributed by atoms with van der Waals surface area (Å²) in [4.78, 5) is 36.4. The Hall–Kier alpha value is -3.32. The Morgan fingerprint density at radius 2 is 1.49 bits per heavy atom. The van der Waals surface area contributed by atoms with Crippen molar-refractivity contribution in [3.63, 3.8) is 0 Å². The van der Waals surface area contributed by atoms with Gasteiger partial charge in [0, 0.05) is 24.5 Å². The van der Waals surface area contributed by atoms with Crippen LogP contribution in [0.25, 0.3) is 0 Å². The second kappa shape index (κ2) is 10.1. The molecule has 0 spiro atoms. The van der Waals surface area contributed by atoms with E-state index in [0.717, 1.165) is 24.2 Å². The van der Waals surface area contributed by atoms with Crippen molar-refractivity contribution in [1.82, 2.24) is 14.7 Å². The molecule has 35 heavy (non-hydrogen) atoms. The topological polar surface area (TPSA) is 47.1 Å². The van der Waals surface area contributed by atoms with Crippen LogP contribution < -0.4 is 4.90 Å². The first kappa shape index (κ1) is 23.4. The first-order valence-corrected chi connectivity index (χ1v) is 13.2. The third kappa shape index (κ3) is 4.78. The summed E-state index contributed by atoms with van der Waals surface area (Å²) >= 11 is 1.71. The van der Waals surface area contributed by atoms with Gasteiger partial charge in [0.15, 0.2) is 0 Å². The monoisotopic (exact) mass is 488 g/mol. The van der Waals surface area contributed by atoms with Crippen LogP contribution in [-0.4, -0.2) is 58.5 Å². The molecule has 2 saturated heterocycles. The van der Waals surface area contributed by atoms with Gasteiger partial charge in [-0.15, -0.1) is 11.3 Å². The second-order valence-corrected chi connectivity index (χ2v) is 10.4. The maximum absolute atomic E-state index is 13.9. The molecule has 3 heterocycles. The van der Waals surface area contributed by atoms with Crippen molar-refractivity contribution in [3.8, 4) is 0 Å². The summed E-state index contributed by atoms with van der Waals surface area (Å²) in [7, 11) is 0. The Bertz CT molecular complexity index is 1110. The number of likely N-dealkylation sites (tertiary alicyclic amines) is 1. The first-order valence-electron chi connectivity index (χ1n) is 12.4. The molecular formula is C28H32N4O2S. The van der Waals surface area contributed by atoms with Gasteiger partial charge in [-0.1, -0.05) is 36.4 Å². The van der Waals surface area contributed by atoms with Crippen LogP contribution in [0, 0.1) is 6.92 Å². The standard InChI is InChI=1S/C28H32N4O2S/c1-3-29(19-26-16-21(2)20-35-26)27(33)32-24-14-15-25(32)18-30(17-24)28(34)31(22-10-6-4-7-11-22)23-12-8-5-9-13-23/h4-13,16,20,24-25H,3,14-15,17-19H2,1-2H3/t24-,25+. The largest absolute Gasteiger partial charge is 0.329 e. The zero-order valence-electron chi connectivity index (χ0n) is 20.3. The van der Waals surface area contributed by atoms with Gasteiger partial charge < -0.3 is 14.7 Å². The average Bonchev–Trinajstić information content (AvgIpc) is 3.42. The van der Waals surface area contributed by atoms with Gasteiger partial charge in [-0.3, -0.25) is 4.90 Å². The number of nitrogens with zero attached hydrogens (tertiary/aromatic N) is 4. The molecule has 6 nitrogen and oxygen atoms in total. The number of thiophene rings is 1. The van der Waals surface area contributed by atoms with E-state index in [1.807, 2.05) is 77.4 Å². The van der Waals surface area contributed by atoms with Crippen molar-refractivity contribution in [3.05, 3.63) is 82.6 Å². The van der Waals surface area contributed by atoms with E-state index in [0.29, 0.717) is 26.2 Å². The molecular weight excluding hydrogens is 456 g/mol. The molecule has 2 atom stereocenters. The normalized spacial score (nSPS) is 19.0. The second-order valence-electron chi connectivity index (χ2n) is 9.37. The van der Waals surface area contributed by atoms with Gasteiger partial charge in [0.25, 0.3) is 0 Å². The van der Waals surface area contributed by atoms with Gasteiger partial charge in [-0.2, -0.15) is 0 Å². The number of piperazine rings is 1. The zero-order valence-corrected chi connectivity index (χ0v) is 21.2. The van der Waals surface area contributed by atoms with Crippen LogP contribution in [0.1, 0.15) is 30.2 Å². The van der Waals surface area contributed by atoms with Crippen molar-refractivity contribution >= 4 is 34.8 Å². The summed E-state index contributed by atoms with van der Waals surface area (Å²) < 4.78 is 0. The van der Waals surface area contributed by atoms with Crippen LogP contribution in [0.2, 0.25) is 0 Å². The number of carbonyl (C=O) groups excluding carboxylic acids is 2. The van der Waals surface area contributed by atoms with Crippen molar-refractivity contribution in [2.24, 2.45) is 0 Å². The maximum atomic E-state index is 13.9. The van der Waals surface area contributed by atoms with Gasteiger partial charge in [0.05, 0.1) is 30.0 Å². The highest BCUT2D eigenvalue weighted by Crippen LogP contribution is 2.34. The van der Waals surface area contributed by atoms with E-state index in [1.54, 1.807) is 16.2 Å². The van der Waals surface area contributed by atoms with E-state index in [1.165, 1.54) is 10.4 Å². The summed E-state index contributed by atoms with van der Waals surface area (Å²) in [6, 6.07) is 21.9. The number of hydrogen-bond acceptors (Lipinski definition) is 3. The van der Waals surface area contributed by atoms with E-state index in [-0.39, 0.29) is 24.1 Å². The lowest BCUT2D eigenvalue weighted by Gasteiger charge is -2.44. The SMILES string of the molecule is CCN(Cc1cc(C)cs1)C(=O)N1[C@@H]2CC[C@H]1CN(C(=O)N(c1ccccc1)c1ccccc1)C2. The van der Waals surface area contributed by atoms with Crippen LogP contribution in [0.5, 0.6) is 0 Å². The van der Waals surface area contributed by atoms with E-state index in [9.17, 15) is 9.59 Å². The fourth-order valence-corrected chi connectivity index (χ4v) is 6.17. The van der Waals surface area contributed by atoms with Gasteiger partial charge >= 0.3 is 12.1 Å². The van der Waals surface area contributed by atoms with Gasteiger partial charge in [0.1, 0.15) is 0 Å². The Labute approximate surface area is 211 Å². The zero-order chi connectivity index (χ0) is 24.4. The number of amides is 4. The Morgan fingerprint density at radius 3 is 1.97 bits per heavy atom. The van der Waals surface area contributed by atoms with Crippen LogP contribution >= 0.6 is 11.3 Å². The summed E-state index contributed by atoms with van der Waals surface area (Å²) in [6.07, 6.45) is 1.87. The summed E-state index contributed by atoms with van der Waals surface area (Å²) in [5.41, 5.74) is 2.93. The number of hydrogen-bond donors (Lipinski definition) is 0.